The van der Waals surface area contributed by atoms with Crippen LogP contribution in [-0.2, 0) is 4.79 Å². The number of H-pyrrole nitrogens is 1. The van der Waals surface area contributed by atoms with Gasteiger partial charge in [0, 0.05) is 13.1 Å². The number of carbonyl (C=O) groups is 1. The van der Waals surface area contributed by atoms with E-state index in [1.54, 1.807) is 0 Å². The van der Waals surface area contributed by atoms with Crippen molar-refractivity contribution in [3.8, 4) is 0 Å². The minimum absolute atomic E-state index is 0.0729. The number of hydrogen-bond donors (Lipinski definition) is 1. The van der Waals surface area contributed by atoms with E-state index in [-0.39, 0.29) is 16.5 Å². The van der Waals surface area contributed by atoms with E-state index in [2.05, 4.69) is 9.97 Å². The Morgan fingerprint density at radius 2 is 2.00 bits per heavy atom. The average Bonchev–Trinajstić information content (AvgIpc) is 2.84. The van der Waals surface area contributed by atoms with E-state index in [9.17, 15) is 14.0 Å². The molecule has 128 valence electrons. The quantitative estimate of drug-likeness (QED) is 0.683. The van der Waals surface area contributed by atoms with E-state index >= 15 is 0 Å². The number of fused-ring (bicyclic) bond motifs is 1. The summed E-state index contributed by atoms with van der Waals surface area (Å²) in [7, 11) is 0. The summed E-state index contributed by atoms with van der Waals surface area (Å²) in [6.45, 7) is 3.42. The van der Waals surface area contributed by atoms with Crippen LogP contribution in [-0.4, -0.2) is 39.1 Å². The molecule has 5 nitrogen and oxygen atoms in total. The first kappa shape index (κ1) is 17.0. The second kappa shape index (κ2) is 7.34. The van der Waals surface area contributed by atoms with Gasteiger partial charge in [0.15, 0.2) is 5.16 Å². The first-order valence-corrected chi connectivity index (χ1v) is 9.07. The first-order chi connectivity index (χ1) is 11.5. The lowest BCUT2D eigenvalue weighted by atomic mass is 10.2. The molecule has 1 fully saturated rings. The van der Waals surface area contributed by atoms with Gasteiger partial charge in [0.1, 0.15) is 5.82 Å². The topological polar surface area (TPSA) is 66.1 Å². The van der Waals surface area contributed by atoms with Crippen LogP contribution < -0.4 is 5.56 Å². The number of nitrogens with one attached hydrogen (secondary N) is 1. The van der Waals surface area contributed by atoms with Crippen LogP contribution in [0.2, 0.25) is 0 Å². The van der Waals surface area contributed by atoms with Gasteiger partial charge in [-0.3, -0.25) is 9.59 Å². The number of amides is 1. The molecule has 1 aliphatic rings. The molecule has 2 heterocycles. The van der Waals surface area contributed by atoms with Gasteiger partial charge in [-0.2, -0.15) is 0 Å². The number of benzene rings is 1. The highest BCUT2D eigenvalue weighted by molar-refractivity contribution is 8.00. The molecule has 0 unspecified atom stereocenters. The summed E-state index contributed by atoms with van der Waals surface area (Å²) in [6.07, 6.45) is 4.42. The van der Waals surface area contributed by atoms with Crippen molar-refractivity contribution < 1.29 is 9.18 Å². The highest BCUT2D eigenvalue weighted by atomic mass is 32.2. The molecule has 7 heteroatoms. The standard InChI is InChI=1S/C17H20FN3O2S/c1-11(16(23)21-8-4-2-3-5-9-21)24-17-19-14-7-6-12(18)10-13(14)15(22)20-17/h6-7,10-11H,2-5,8-9H2,1H3,(H,19,20,22)/t11-/m1/s1. The molecule has 1 N–H and O–H groups in total. The number of aromatic amines is 1. The number of carbonyl (C=O) groups excluding carboxylic acids is 1. The Kier molecular flexibility index (Phi) is 5.18. The molecule has 1 saturated heterocycles. The molecule has 0 radical (unpaired) electrons. The number of halogens is 1. The van der Waals surface area contributed by atoms with E-state index in [0.717, 1.165) is 25.9 Å². The highest BCUT2D eigenvalue weighted by Crippen LogP contribution is 2.23. The van der Waals surface area contributed by atoms with Gasteiger partial charge in [-0.1, -0.05) is 24.6 Å². The number of thioether (sulfide) groups is 1. The number of nitrogens with zero attached hydrogens (tertiary/aromatic N) is 2. The van der Waals surface area contributed by atoms with Crippen LogP contribution >= 0.6 is 11.8 Å². The molecule has 1 amide bonds. The second-order valence-electron chi connectivity index (χ2n) is 6.03. The molecule has 1 aromatic heterocycles. The Balaban J connectivity index is 1.77. The Hall–Kier alpha value is -1.89. The minimum atomic E-state index is -0.472. The van der Waals surface area contributed by atoms with Gasteiger partial charge in [-0.05, 0) is 38.0 Å². The van der Waals surface area contributed by atoms with Crippen molar-refractivity contribution in [2.45, 2.75) is 43.0 Å². The molecule has 1 aliphatic heterocycles. The number of rotatable bonds is 3. The van der Waals surface area contributed by atoms with Gasteiger partial charge in [-0.15, -0.1) is 0 Å². The molecule has 0 spiro atoms. The lowest BCUT2D eigenvalue weighted by Gasteiger charge is -2.23. The van der Waals surface area contributed by atoms with Crippen molar-refractivity contribution in [3.63, 3.8) is 0 Å². The van der Waals surface area contributed by atoms with E-state index in [0.29, 0.717) is 10.7 Å². The van der Waals surface area contributed by atoms with Crippen molar-refractivity contribution in [1.29, 1.82) is 0 Å². The van der Waals surface area contributed by atoms with Crippen LogP contribution in [0, 0.1) is 5.82 Å². The zero-order valence-electron chi connectivity index (χ0n) is 13.5. The maximum absolute atomic E-state index is 13.2. The predicted octanol–water partition coefficient (Wildman–Crippen LogP) is 2.95. The third-order valence-corrected chi connectivity index (χ3v) is 5.17. The fraction of sp³-hybridized carbons (Fsp3) is 0.471. The average molecular weight is 349 g/mol. The zero-order chi connectivity index (χ0) is 17.1. The SMILES string of the molecule is C[C@@H](Sc1nc2ccc(F)cc2c(=O)[nH]1)C(=O)N1CCCCCC1. The van der Waals surface area contributed by atoms with Crippen LogP contribution in [0.15, 0.2) is 28.2 Å². The van der Waals surface area contributed by atoms with Gasteiger partial charge in [0.25, 0.3) is 5.56 Å². The maximum atomic E-state index is 13.2. The summed E-state index contributed by atoms with van der Waals surface area (Å²) in [4.78, 5) is 33.5. The number of likely N-dealkylation sites (tertiary alicyclic amines) is 1. The fourth-order valence-electron chi connectivity index (χ4n) is 2.91. The van der Waals surface area contributed by atoms with Gasteiger partial charge >= 0.3 is 0 Å². The summed E-state index contributed by atoms with van der Waals surface area (Å²) in [5, 5.41) is 0.268. The van der Waals surface area contributed by atoms with Gasteiger partial charge in [-0.25, -0.2) is 9.37 Å². The van der Waals surface area contributed by atoms with Gasteiger partial charge in [0.05, 0.1) is 16.2 Å². The summed E-state index contributed by atoms with van der Waals surface area (Å²) >= 11 is 1.23. The third kappa shape index (κ3) is 3.77. The van der Waals surface area contributed by atoms with E-state index in [1.165, 1.54) is 42.8 Å². The van der Waals surface area contributed by atoms with Crippen LogP contribution in [0.3, 0.4) is 0 Å². The Morgan fingerprint density at radius 1 is 1.29 bits per heavy atom. The summed E-state index contributed by atoms with van der Waals surface area (Å²) in [6, 6.07) is 3.92. The molecule has 24 heavy (non-hydrogen) atoms. The zero-order valence-corrected chi connectivity index (χ0v) is 14.4. The Bertz CT molecular complexity index is 800. The highest BCUT2D eigenvalue weighted by Gasteiger charge is 2.23. The van der Waals surface area contributed by atoms with Crippen molar-refractivity contribution in [2.75, 3.05) is 13.1 Å². The predicted molar refractivity (Wildman–Crippen MR) is 92.7 cm³/mol. The molecular formula is C17H20FN3O2S. The lowest BCUT2D eigenvalue weighted by Crippen LogP contribution is -2.37. The minimum Gasteiger partial charge on any atom is -0.342 e. The van der Waals surface area contributed by atoms with Crippen LogP contribution in [0.1, 0.15) is 32.6 Å². The first-order valence-electron chi connectivity index (χ1n) is 8.19. The van der Waals surface area contributed by atoms with Crippen LogP contribution in [0.25, 0.3) is 10.9 Å². The van der Waals surface area contributed by atoms with E-state index < -0.39 is 11.4 Å². The number of aromatic nitrogens is 2. The summed E-state index contributed by atoms with van der Waals surface area (Å²) in [5.41, 5.74) is 0.0356. The van der Waals surface area contributed by atoms with Crippen molar-refractivity contribution >= 4 is 28.6 Å². The van der Waals surface area contributed by atoms with Crippen molar-refractivity contribution in [1.82, 2.24) is 14.9 Å². The number of hydrogen-bond acceptors (Lipinski definition) is 4. The Labute approximate surface area is 143 Å². The van der Waals surface area contributed by atoms with Gasteiger partial charge in [0.2, 0.25) is 5.91 Å². The molecule has 2 aromatic rings. The Morgan fingerprint density at radius 3 is 2.71 bits per heavy atom. The summed E-state index contributed by atoms with van der Waals surface area (Å²) in [5.74, 6) is -0.399. The van der Waals surface area contributed by atoms with Crippen LogP contribution in [0.5, 0.6) is 0 Å². The molecule has 3 rings (SSSR count). The van der Waals surface area contributed by atoms with E-state index in [4.69, 9.17) is 0 Å². The maximum Gasteiger partial charge on any atom is 0.259 e. The molecule has 1 aromatic carbocycles. The normalized spacial score (nSPS) is 16.8. The largest absolute Gasteiger partial charge is 0.342 e. The van der Waals surface area contributed by atoms with E-state index in [1.807, 2.05) is 11.8 Å². The monoisotopic (exact) mass is 349 g/mol. The smallest absolute Gasteiger partial charge is 0.259 e. The second-order valence-corrected chi connectivity index (χ2v) is 7.36. The third-order valence-electron chi connectivity index (χ3n) is 4.20. The summed E-state index contributed by atoms with van der Waals surface area (Å²) < 4.78 is 13.2. The molecule has 0 saturated carbocycles. The lowest BCUT2D eigenvalue weighted by molar-refractivity contribution is -0.130. The molecule has 0 bridgehead atoms. The molecule has 1 atom stereocenters. The molecule has 0 aliphatic carbocycles. The fourth-order valence-corrected chi connectivity index (χ4v) is 3.80. The molecular weight excluding hydrogens is 329 g/mol. The van der Waals surface area contributed by atoms with Gasteiger partial charge < -0.3 is 9.88 Å². The van der Waals surface area contributed by atoms with Crippen molar-refractivity contribution in [2.24, 2.45) is 0 Å². The van der Waals surface area contributed by atoms with Crippen molar-refractivity contribution in [3.05, 3.63) is 34.4 Å². The van der Waals surface area contributed by atoms with Crippen LogP contribution in [0.4, 0.5) is 4.39 Å².